The van der Waals surface area contributed by atoms with Crippen molar-refractivity contribution < 1.29 is 4.79 Å². The molecule has 1 nitrogen and oxygen atoms in total. The second-order valence-corrected chi connectivity index (χ2v) is 5.16. The quantitative estimate of drug-likeness (QED) is 0.741. The van der Waals surface area contributed by atoms with Crippen molar-refractivity contribution >= 4 is 17.4 Å². The van der Waals surface area contributed by atoms with Crippen LogP contribution in [0.4, 0.5) is 0 Å². The first-order valence-corrected chi connectivity index (χ1v) is 6.85. The number of carbonyl (C=O) groups is 1. The molecule has 0 saturated heterocycles. The molecular formula is C17H17ClO. The summed E-state index contributed by atoms with van der Waals surface area (Å²) in [5, 5.41) is 0.537. The smallest absolute Gasteiger partial charge is 0.168 e. The number of benzene rings is 2. The molecule has 0 fully saturated rings. The number of hydrogen-bond donors (Lipinski definition) is 0. The summed E-state index contributed by atoms with van der Waals surface area (Å²) >= 11 is 6.12. The van der Waals surface area contributed by atoms with E-state index in [9.17, 15) is 4.79 Å². The van der Waals surface area contributed by atoms with Crippen LogP contribution in [0, 0.1) is 6.92 Å². The fourth-order valence-corrected chi connectivity index (χ4v) is 2.36. The van der Waals surface area contributed by atoms with Crippen LogP contribution in [-0.2, 0) is 12.8 Å². The standard InChI is InChI=1S/C17H17ClO/c1-3-13-5-7-14(8-6-13)11-17(19)15-9-4-12(2)10-16(15)18/h4-10H,3,11H2,1-2H3. The van der Waals surface area contributed by atoms with E-state index < -0.39 is 0 Å². The molecule has 2 heteroatoms. The minimum atomic E-state index is 0.0641. The molecule has 0 aliphatic rings. The summed E-state index contributed by atoms with van der Waals surface area (Å²) in [7, 11) is 0. The largest absolute Gasteiger partial charge is 0.294 e. The second kappa shape index (κ2) is 6.03. The van der Waals surface area contributed by atoms with Crippen molar-refractivity contribution in [1.82, 2.24) is 0 Å². The van der Waals surface area contributed by atoms with Gasteiger partial charge in [0.25, 0.3) is 0 Å². The summed E-state index contributed by atoms with van der Waals surface area (Å²) in [5.74, 6) is 0.0641. The average molecular weight is 273 g/mol. The summed E-state index contributed by atoms with van der Waals surface area (Å²) in [5.41, 5.74) is 3.98. The lowest BCUT2D eigenvalue weighted by Crippen LogP contribution is -2.04. The van der Waals surface area contributed by atoms with Gasteiger partial charge in [-0.15, -0.1) is 0 Å². The minimum absolute atomic E-state index is 0.0641. The van der Waals surface area contributed by atoms with Crippen molar-refractivity contribution in [2.75, 3.05) is 0 Å². The van der Waals surface area contributed by atoms with Crippen LogP contribution in [0.25, 0.3) is 0 Å². The zero-order valence-electron chi connectivity index (χ0n) is 11.2. The topological polar surface area (TPSA) is 17.1 Å². The number of carbonyl (C=O) groups excluding carboxylic acids is 1. The maximum Gasteiger partial charge on any atom is 0.168 e. The third-order valence-corrected chi connectivity index (χ3v) is 3.53. The molecule has 0 saturated carbocycles. The fraction of sp³-hybridized carbons (Fsp3) is 0.235. The van der Waals surface area contributed by atoms with E-state index in [4.69, 9.17) is 11.6 Å². The van der Waals surface area contributed by atoms with Crippen LogP contribution in [0.2, 0.25) is 5.02 Å². The Morgan fingerprint density at radius 2 is 1.68 bits per heavy atom. The minimum Gasteiger partial charge on any atom is -0.294 e. The van der Waals surface area contributed by atoms with Crippen LogP contribution in [0.5, 0.6) is 0 Å². The molecule has 0 aliphatic heterocycles. The van der Waals surface area contributed by atoms with E-state index in [1.54, 1.807) is 6.07 Å². The van der Waals surface area contributed by atoms with Crippen LogP contribution in [0.15, 0.2) is 42.5 Å². The van der Waals surface area contributed by atoms with Crippen LogP contribution >= 0.6 is 11.6 Å². The summed E-state index contributed by atoms with van der Waals surface area (Å²) in [4.78, 5) is 12.2. The molecule has 0 aliphatic carbocycles. The molecule has 0 heterocycles. The predicted molar refractivity (Wildman–Crippen MR) is 80.0 cm³/mol. The van der Waals surface area contributed by atoms with Gasteiger partial charge >= 0.3 is 0 Å². The van der Waals surface area contributed by atoms with Crippen molar-refractivity contribution in [1.29, 1.82) is 0 Å². The molecule has 0 amide bonds. The number of hydrogen-bond acceptors (Lipinski definition) is 1. The lowest BCUT2D eigenvalue weighted by Gasteiger charge is -2.05. The van der Waals surface area contributed by atoms with Gasteiger partial charge in [0, 0.05) is 12.0 Å². The Morgan fingerprint density at radius 1 is 1.05 bits per heavy atom. The molecule has 0 N–H and O–H groups in total. The second-order valence-electron chi connectivity index (χ2n) is 4.75. The maximum atomic E-state index is 12.2. The van der Waals surface area contributed by atoms with Gasteiger partial charge in [-0.2, -0.15) is 0 Å². The highest BCUT2D eigenvalue weighted by Crippen LogP contribution is 2.19. The number of halogens is 1. The average Bonchev–Trinajstić information content (AvgIpc) is 2.39. The highest BCUT2D eigenvalue weighted by Gasteiger charge is 2.11. The van der Waals surface area contributed by atoms with Crippen molar-refractivity contribution in [3.8, 4) is 0 Å². The normalized spacial score (nSPS) is 10.5. The monoisotopic (exact) mass is 272 g/mol. The van der Waals surface area contributed by atoms with Gasteiger partial charge in [0.15, 0.2) is 5.78 Å². The molecule has 0 atom stereocenters. The molecule has 98 valence electrons. The number of aryl methyl sites for hydroxylation is 2. The Labute approximate surface area is 119 Å². The molecule has 0 aromatic heterocycles. The number of ketones is 1. The van der Waals surface area contributed by atoms with E-state index in [1.165, 1.54) is 5.56 Å². The van der Waals surface area contributed by atoms with Gasteiger partial charge in [-0.3, -0.25) is 4.79 Å². The Bertz CT molecular complexity index is 585. The predicted octanol–water partition coefficient (Wildman–Crippen LogP) is 4.64. The van der Waals surface area contributed by atoms with Crippen LogP contribution in [0.1, 0.15) is 34.0 Å². The maximum absolute atomic E-state index is 12.2. The number of Topliss-reactive ketones (excluding diaryl/α,β-unsaturated/α-hetero) is 1. The van der Waals surface area contributed by atoms with E-state index >= 15 is 0 Å². The van der Waals surface area contributed by atoms with Gasteiger partial charge < -0.3 is 0 Å². The van der Waals surface area contributed by atoms with Gasteiger partial charge in [-0.25, -0.2) is 0 Å². The Kier molecular flexibility index (Phi) is 4.39. The summed E-state index contributed by atoms with van der Waals surface area (Å²) in [6, 6.07) is 13.7. The molecule has 2 aromatic carbocycles. The number of rotatable bonds is 4. The Hall–Kier alpha value is -1.60. The molecule has 0 spiro atoms. The van der Waals surface area contributed by atoms with E-state index in [2.05, 4.69) is 19.1 Å². The van der Waals surface area contributed by atoms with Crippen LogP contribution in [-0.4, -0.2) is 5.78 Å². The lowest BCUT2D eigenvalue weighted by atomic mass is 10.0. The van der Waals surface area contributed by atoms with E-state index in [-0.39, 0.29) is 5.78 Å². The SMILES string of the molecule is CCc1ccc(CC(=O)c2ccc(C)cc2Cl)cc1. The van der Waals surface area contributed by atoms with Gasteiger partial charge in [0.1, 0.15) is 0 Å². The zero-order valence-corrected chi connectivity index (χ0v) is 12.0. The lowest BCUT2D eigenvalue weighted by molar-refractivity contribution is 0.0993. The van der Waals surface area contributed by atoms with E-state index in [0.717, 1.165) is 17.5 Å². The van der Waals surface area contributed by atoms with Crippen LogP contribution in [0.3, 0.4) is 0 Å². The summed E-state index contributed by atoms with van der Waals surface area (Å²) in [6.07, 6.45) is 1.41. The van der Waals surface area contributed by atoms with Crippen molar-refractivity contribution in [3.05, 3.63) is 69.7 Å². The molecule has 2 rings (SSSR count). The zero-order chi connectivity index (χ0) is 13.8. The third kappa shape index (κ3) is 3.45. The highest BCUT2D eigenvalue weighted by molar-refractivity contribution is 6.34. The molecular weight excluding hydrogens is 256 g/mol. The highest BCUT2D eigenvalue weighted by atomic mass is 35.5. The first-order chi connectivity index (χ1) is 9.10. The van der Waals surface area contributed by atoms with Crippen molar-refractivity contribution in [2.45, 2.75) is 26.7 Å². The van der Waals surface area contributed by atoms with Crippen molar-refractivity contribution in [3.63, 3.8) is 0 Å². The first kappa shape index (κ1) is 13.8. The van der Waals surface area contributed by atoms with Gasteiger partial charge in [-0.05, 0) is 42.2 Å². The van der Waals surface area contributed by atoms with Crippen molar-refractivity contribution in [2.24, 2.45) is 0 Å². The fourth-order valence-electron chi connectivity index (χ4n) is 2.02. The molecule has 0 unspecified atom stereocenters. The summed E-state index contributed by atoms with van der Waals surface area (Å²) in [6.45, 7) is 4.08. The Balaban J connectivity index is 2.15. The van der Waals surface area contributed by atoms with Gasteiger partial charge in [-0.1, -0.05) is 48.9 Å². The van der Waals surface area contributed by atoms with E-state index in [1.807, 2.05) is 31.2 Å². The molecule has 2 aromatic rings. The first-order valence-electron chi connectivity index (χ1n) is 6.47. The molecule has 0 radical (unpaired) electrons. The summed E-state index contributed by atoms with van der Waals surface area (Å²) < 4.78 is 0. The van der Waals surface area contributed by atoms with E-state index in [0.29, 0.717) is 17.0 Å². The third-order valence-electron chi connectivity index (χ3n) is 3.22. The van der Waals surface area contributed by atoms with Crippen LogP contribution < -0.4 is 0 Å². The molecule has 19 heavy (non-hydrogen) atoms. The molecule has 0 bridgehead atoms. The Morgan fingerprint density at radius 3 is 2.26 bits per heavy atom. The van der Waals surface area contributed by atoms with Gasteiger partial charge in [0.05, 0.1) is 5.02 Å². The van der Waals surface area contributed by atoms with Gasteiger partial charge in [0.2, 0.25) is 0 Å².